The minimum absolute atomic E-state index is 0.155. The summed E-state index contributed by atoms with van der Waals surface area (Å²) in [6, 6.07) is 31.4. The minimum Gasteiger partial charge on any atom is -0.508 e. The van der Waals surface area contributed by atoms with Gasteiger partial charge in [0.15, 0.2) is 0 Å². The molecular formula is C34H32N2O4. The predicted octanol–water partition coefficient (Wildman–Crippen LogP) is 7.31. The topological polar surface area (TPSA) is 93.0 Å². The van der Waals surface area contributed by atoms with Crippen LogP contribution in [0.3, 0.4) is 0 Å². The third-order valence-electron chi connectivity index (χ3n) is 7.12. The Morgan fingerprint density at radius 3 is 2.15 bits per heavy atom. The monoisotopic (exact) mass is 532 g/mol. The van der Waals surface area contributed by atoms with E-state index in [1.807, 2.05) is 31.2 Å². The number of carbonyl (C=O) groups is 1. The molecule has 202 valence electrons. The van der Waals surface area contributed by atoms with Crippen molar-refractivity contribution in [3.63, 3.8) is 0 Å². The number of hydrogen-bond acceptors (Lipinski definition) is 4. The lowest BCUT2D eigenvalue weighted by molar-refractivity contribution is 0.215. The number of anilines is 1. The van der Waals surface area contributed by atoms with Crippen molar-refractivity contribution < 1.29 is 20.1 Å². The second kappa shape index (κ2) is 11.8. The molecule has 4 N–H and O–H groups in total. The molecule has 5 rings (SSSR count). The van der Waals surface area contributed by atoms with Crippen LogP contribution in [0.1, 0.15) is 23.6 Å². The molecule has 0 radical (unpaired) electrons. The van der Waals surface area contributed by atoms with Gasteiger partial charge in [-0.05, 0) is 107 Å². The van der Waals surface area contributed by atoms with Gasteiger partial charge in [0.05, 0.1) is 0 Å². The number of aromatic hydroxyl groups is 3. The van der Waals surface area contributed by atoms with Gasteiger partial charge in [0, 0.05) is 18.8 Å². The summed E-state index contributed by atoms with van der Waals surface area (Å²) in [6.45, 7) is 3.09. The smallest absolute Gasteiger partial charge is 0.321 e. The number of urea groups is 1. The summed E-state index contributed by atoms with van der Waals surface area (Å²) >= 11 is 0. The molecule has 0 heterocycles. The number of carbonyl (C=O) groups excluding carboxylic acids is 1. The fourth-order valence-corrected chi connectivity index (χ4v) is 5.00. The second-order valence-corrected chi connectivity index (χ2v) is 9.85. The first-order chi connectivity index (χ1) is 19.4. The Morgan fingerprint density at radius 1 is 0.750 bits per heavy atom. The molecular weight excluding hydrogens is 500 g/mol. The first-order valence-electron chi connectivity index (χ1n) is 13.4. The largest absolute Gasteiger partial charge is 0.508 e. The van der Waals surface area contributed by atoms with Gasteiger partial charge >= 0.3 is 6.03 Å². The Balaban J connectivity index is 1.36. The number of nitrogens with zero attached hydrogens (tertiary/aromatic N) is 1. The lowest BCUT2D eigenvalue weighted by atomic mass is 9.89. The molecule has 0 aliphatic rings. The van der Waals surface area contributed by atoms with Crippen LogP contribution in [0.4, 0.5) is 10.5 Å². The van der Waals surface area contributed by atoms with E-state index in [1.165, 1.54) is 0 Å². The molecule has 0 atom stereocenters. The van der Waals surface area contributed by atoms with Crippen molar-refractivity contribution >= 4 is 22.5 Å². The average molecular weight is 533 g/mol. The van der Waals surface area contributed by atoms with Crippen molar-refractivity contribution in [3.8, 4) is 28.4 Å². The van der Waals surface area contributed by atoms with Crippen molar-refractivity contribution in [1.82, 2.24) is 4.90 Å². The van der Waals surface area contributed by atoms with E-state index in [4.69, 9.17) is 0 Å². The quantitative estimate of drug-likeness (QED) is 0.158. The van der Waals surface area contributed by atoms with Crippen LogP contribution in [0.5, 0.6) is 17.2 Å². The fraction of sp³-hybridized carbons (Fsp3) is 0.147. The van der Waals surface area contributed by atoms with Crippen LogP contribution in [0.2, 0.25) is 0 Å². The van der Waals surface area contributed by atoms with E-state index >= 15 is 0 Å². The summed E-state index contributed by atoms with van der Waals surface area (Å²) < 4.78 is 0. The van der Waals surface area contributed by atoms with Crippen LogP contribution in [0.25, 0.3) is 21.9 Å². The van der Waals surface area contributed by atoms with E-state index in [0.29, 0.717) is 31.6 Å². The van der Waals surface area contributed by atoms with Crippen molar-refractivity contribution in [2.24, 2.45) is 0 Å². The van der Waals surface area contributed by atoms with Gasteiger partial charge in [0.25, 0.3) is 0 Å². The number of benzene rings is 5. The third kappa shape index (κ3) is 6.18. The van der Waals surface area contributed by atoms with Gasteiger partial charge < -0.3 is 25.5 Å². The van der Waals surface area contributed by atoms with Gasteiger partial charge in [0.1, 0.15) is 17.2 Å². The van der Waals surface area contributed by atoms with Gasteiger partial charge in [-0.15, -0.1) is 0 Å². The molecule has 0 bridgehead atoms. The zero-order chi connectivity index (χ0) is 28.1. The van der Waals surface area contributed by atoms with Gasteiger partial charge in [-0.1, -0.05) is 54.6 Å². The highest BCUT2D eigenvalue weighted by Gasteiger charge is 2.14. The normalized spacial score (nSPS) is 10.9. The SMILES string of the molecule is CCN(CCc1cccc(Cc2c(-c3ccc(O)cc3)ccc3cc(O)ccc23)c1)C(=O)Nc1ccc(O)cc1. The zero-order valence-electron chi connectivity index (χ0n) is 22.3. The lowest BCUT2D eigenvalue weighted by Gasteiger charge is -2.21. The Hall–Kier alpha value is -4.97. The highest BCUT2D eigenvalue weighted by atomic mass is 16.3. The molecule has 0 fully saturated rings. The van der Waals surface area contributed by atoms with E-state index in [1.54, 1.807) is 53.4 Å². The van der Waals surface area contributed by atoms with Gasteiger partial charge in [0.2, 0.25) is 0 Å². The number of nitrogens with one attached hydrogen (secondary N) is 1. The molecule has 5 aromatic rings. The number of likely N-dealkylation sites (N-methyl/N-ethyl adjacent to an activating group) is 1. The van der Waals surface area contributed by atoms with Crippen LogP contribution in [-0.2, 0) is 12.8 Å². The van der Waals surface area contributed by atoms with Crippen molar-refractivity contribution in [1.29, 1.82) is 0 Å². The zero-order valence-corrected chi connectivity index (χ0v) is 22.3. The number of amides is 2. The van der Waals surface area contributed by atoms with Gasteiger partial charge in [-0.25, -0.2) is 4.79 Å². The number of rotatable bonds is 8. The van der Waals surface area contributed by atoms with Crippen LogP contribution in [-0.4, -0.2) is 39.3 Å². The van der Waals surface area contributed by atoms with Crippen molar-refractivity contribution in [3.05, 3.63) is 120 Å². The molecule has 6 nitrogen and oxygen atoms in total. The molecule has 6 heteroatoms. The van der Waals surface area contributed by atoms with Crippen LogP contribution < -0.4 is 5.32 Å². The molecule has 0 aromatic heterocycles. The number of phenolic OH excluding ortho intramolecular Hbond substituents is 3. The van der Waals surface area contributed by atoms with Crippen LogP contribution >= 0.6 is 0 Å². The van der Waals surface area contributed by atoms with E-state index < -0.39 is 0 Å². The van der Waals surface area contributed by atoms with Crippen LogP contribution in [0.15, 0.2) is 103 Å². The lowest BCUT2D eigenvalue weighted by Crippen LogP contribution is -2.36. The molecule has 0 unspecified atom stereocenters. The standard InChI is InChI=1S/C34H32N2O4/c1-2-36(34(40)35-27-9-13-29(38)14-10-27)19-18-23-4-3-5-24(20-23)21-33-31(25-6-11-28(37)12-7-25)16-8-26-22-30(39)15-17-32(26)33/h3-17,20,22,37-39H,2,18-19,21H2,1H3,(H,35,40). The average Bonchev–Trinajstić information content (AvgIpc) is 2.95. The third-order valence-corrected chi connectivity index (χ3v) is 7.12. The molecule has 5 aromatic carbocycles. The summed E-state index contributed by atoms with van der Waals surface area (Å²) in [4.78, 5) is 14.6. The van der Waals surface area contributed by atoms with E-state index in [2.05, 4.69) is 35.6 Å². The first-order valence-corrected chi connectivity index (χ1v) is 13.4. The maximum absolute atomic E-state index is 12.8. The Labute approximate surface area is 233 Å². The fourth-order valence-electron chi connectivity index (χ4n) is 5.00. The Bertz CT molecular complexity index is 1630. The van der Waals surface area contributed by atoms with E-state index in [0.717, 1.165) is 38.6 Å². The Kier molecular flexibility index (Phi) is 7.87. The summed E-state index contributed by atoms with van der Waals surface area (Å²) in [5.41, 5.74) is 6.15. The number of fused-ring (bicyclic) bond motifs is 1. The molecule has 2 amide bonds. The second-order valence-electron chi connectivity index (χ2n) is 9.85. The maximum atomic E-state index is 12.8. The maximum Gasteiger partial charge on any atom is 0.321 e. The molecule has 0 spiro atoms. The molecule has 0 aliphatic carbocycles. The van der Waals surface area contributed by atoms with Gasteiger partial charge in [-0.3, -0.25) is 0 Å². The predicted molar refractivity (Wildman–Crippen MR) is 160 cm³/mol. The number of phenols is 3. The molecule has 0 saturated heterocycles. The summed E-state index contributed by atoms with van der Waals surface area (Å²) in [7, 11) is 0. The van der Waals surface area contributed by atoms with Crippen LogP contribution in [0, 0.1) is 0 Å². The molecule has 0 aliphatic heterocycles. The first kappa shape index (κ1) is 26.6. The van der Waals surface area contributed by atoms with Crippen molar-refractivity contribution in [2.45, 2.75) is 19.8 Å². The summed E-state index contributed by atoms with van der Waals surface area (Å²) in [5, 5.41) is 34.2. The summed E-state index contributed by atoms with van der Waals surface area (Å²) in [6.07, 6.45) is 1.39. The highest BCUT2D eigenvalue weighted by Crippen LogP contribution is 2.34. The van der Waals surface area contributed by atoms with E-state index in [-0.39, 0.29) is 23.3 Å². The summed E-state index contributed by atoms with van der Waals surface area (Å²) in [5.74, 6) is 0.608. The highest BCUT2D eigenvalue weighted by molar-refractivity contribution is 5.93. The van der Waals surface area contributed by atoms with Gasteiger partial charge in [-0.2, -0.15) is 0 Å². The Morgan fingerprint density at radius 2 is 1.43 bits per heavy atom. The van der Waals surface area contributed by atoms with E-state index in [9.17, 15) is 20.1 Å². The minimum atomic E-state index is -0.179. The number of hydrogen-bond donors (Lipinski definition) is 4. The molecule has 0 saturated carbocycles. The molecule has 40 heavy (non-hydrogen) atoms. The van der Waals surface area contributed by atoms with Crippen molar-refractivity contribution in [2.75, 3.05) is 18.4 Å².